The van der Waals surface area contributed by atoms with Crippen molar-refractivity contribution in [2.45, 2.75) is 0 Å². The smallest absolute Gasteiger partial charge is 0.160 e. The van der Waals surface area contributed by atoms with Crippen molar-refractivity contribution in [1.82, 2.24) is 14.5 Å². The second-order valence-corrected chi connectivity index (χ2v) is 13.8. The summed E-state index contributed by atoms with van der Waals surface area (Å²) < 4.78 is 2.31. The topological polar surface area (TPSA) is 30.7 Å². The maximum absolute atomic E-state index is 5.46. The lowest BCUT2D eigenvalue weighted by molar-refractivity contribution is 1.15. The third-order valence-electron chi connectivity index (χ3n) is 10.4. The molecule has 0 radical (unpaired) electrons. The van der Waals surface area contributed by atoms with Gasteiger partial charge in [-0.25, -0.2) is 9.97 Å². The van der Waals surface area contributed by atoms with Crippen LogP contribution in [0, 0.1) is 0 Å². The van der Waals surface area contributed by atoms with Gasteiger partial charge < -0.3 is 4.57 Å². The van der Waals surface area contributed by atoms with Gasteiger partial charge in [-0.3, -0.25) is 0 Å². The van der Waals surface area contributed by atoms with Crippen molar-refractivity contribution in [2.75, 3.05) is 0 Å². The van der Waals surface area contributed by atoms with Crippen LogP contribution in [-0.4, -0.2) is 14.5 Å². The van der Waals surface area contributed by atoms with Gasteiger partial charge in [0.1, 0.15) is 5.52 Å². The molecule has 0 saturated heterocycles. The van der Waals surface area contributed by atoms with E-state index in [1.807, 2.05) is 0 Å². The van der Waals surface area contributed by atoms with Crippen molar-refractivity contribution in [3.05, 3.63) is 212 Å². The first-order chi connectivity index (χ1) is 27.3. The molecule has 0 aliphatic heterocycles. The van der Waals surface area contributed by atoms with Crippen LogP contribution >= 0.6 is 0 Å². The van der Waals surface area contributed by atoms with Gasteiger partial charge >= 0.3 is 0 Å². The van der Waals surface area contributed by atoms with Crippen molar-refractivity contribution in [1.29, 1.82) is 0 Å². The second-order valence-electron chi connectivity index (χ2n) is 13.8. The first kappa shape index (κ1) is 32.3. The van der Waals surface area contributed by atoms with Crippen LogP contribution in [0.5, 0.6) is 0 Å². The zero-order chi connectivity index (χ0) is 36.6. The molecule has 0 aliphatic carbocycles. The predicted octanol–water partition coefficient (Wildman–Crippen LogP) is 13.6. The van der Waals surface area contributed by atoms with E-state index in [-0.39, 0.29) is 0 Å². The van der Waals surface area contributed by atoms with E-state index >= 15 is 0 Å². The number of aromatic nitrogens is 3. The highest BCUT2D eigenvalue weighted by atomic mass is 15.0. The number of benzene rings is 8. The van der Waals surface area contributed by atoms with Crippen LogP contribution in [-0.2, 0) is 0 Å². The predicted molar refractivity (Wildman–Crippen MR) is 229 cm³/mol. The van der Waals surface area contributed by atoms with Gasteiger partial charge in [-0.15, -0.1) is 0 Å². The number of para-hydroxylation sites is 2. The Morgan fingerprint density at radius 2 is 0.727 bits per heavy atom. The zero-order valence-corrected chi connectivity index (χ0v) is 30.0. The Hall–Kier alpha value is -7.36. The second kappa shape index (κ2) is 13.9. The largest absolute Gasteiger partial charge is 0.306 e. The van der Waals surface area contributed by atoms with Crippen molar-refractivity contribution in [3.8, 4) is 72.8 Å². The summed E-state index contributed by atoms with van der Waals surface area (Å²) in [5, 5.41) is 1.09. The minimum Gasteiger partial charge on any atom is -0.306 e. The third-order valence-corrected chi connectivity index (χ3v) is 10.4. The summed E-state index contributed by atoms with van der Waals surface area (Å²) in [6.07, 6.45) is 0. The molecule has 8 aromatic carbocycles. The maximum Gasteiger partial charge on any atom is 0.160 e. The molecular formula is C52H35N3. The summed E-state index contributed by atoms with van der Waals surface area (Å²) in [6, 6.07) is 75.1. The van der Waals surface area contributed by atoms with E-state index in [0.29, 0.717) is 5.82 Å². The molecule has 0 bridgehead atoms. The van der Waals surface area contributed by atoms with Crippen LogP contribution in [0.25, 0.3) is 94.8 Å². The number of nitrogens with zero attached hydrogens (tertiary/aromatic N) is 3. The van der Waals surface area contributed by atoms with Gasteiger partial charge in [-0.05, 0) is 80.9 Å². The minimum absolute atomic E-state index is 0.693. The Bertz CT molecular complexity index is 2950. The Balaban J connectivity index is 1.12. The first-order valence-electron chi connectivity index (χ1n) is 18.7. The highest BCUT2D eigenvalue weighted by molar-refractivity contribution is 6.11. The highest BCUT2D eigenvalue weighted by Gasteiger charge is 2.21. The normalized spacial score (nSPS) is 11.3. The molecule has 2 heterocycles. The molecular weight excluding hydrogens is 667 g/mol. The quantitative estimate of drug-likeness (QED) is 0.166. The SMILES string of the molecule is c1ccc(-c2ccc(-c3cccc(-c4cccc(-c5nc(-c6cccc(-c7ccccc7)c6)c6c(n5)c5ccccc5n6-c5ccccc5)c4)c3)cc2)cc1. The van der Waals surface area contributed by atoms with E-state index in [2.05, 4.69) is 217 Å². The molecule has 55 heavy (non-hydrogen) atoms. The molecule has 0 N–H and O–H groups in total. The van der Waals surface area contributed by atoms with Crippen LogP contribution in [0.2, 0.25) is 0 Å². The Kier molecular flexibility index (Phi) is 8.16. The average Bonchev–Trinajstić information content (AvgIpc) is 3.61. The molecule has 258 valence electrons. The lowest BCUT2D eigenvalue weighted by Crippen LogP contribution is -2.00. The lowest BCUT2D eigenvalue weighted by atomic mass is 9.96. The van der Waals surface area contributed by atoms with Crippen molar-refractivity contribution >= 4 is 21.9 Å². The van der Waals surface area contributed by atoms with Gasteiger partial charge in [0.2, 0.25) is 0 Å². The van der Waals surface area contributed by atoms with Gasteiger partial charge in [0.05, 0.1) is 16.7 Å². The molecule has 0 saturated carbocycles. The van der Waals surface area contributed by atoms with E-state index in [4.69, 9.17) is 9.97 Å². The van der Waals surface area contributed by atoms with Crippen LogP contribution in [0.3, 0.4) is 0 Å². The highest BCUT2D eigenvalue weighted by Crippen LogP contribution is 2.39. The summed E-state index contributed by atoms with van der Waals surface area (Å²) in [4.78, 5) is 10.8. The number of rotatable bonds is 7. The van der Waals surface area contributed by atoms with Crippen LogP contribution in [0.1, 0.15) is 0 Å². The van der Waals surface area contributed by atoms with Crippen molar-refractivity contribution < 1.29 is 0 Å². The minimum atomic E-state index is 0.693. The van der Waals surface area contributed by atoms with E-state index < -0.39 is 0 Å². The van der Waals surface area contributed by atoms with E-state index in [9.17, 15) is 0 Å². The summed E-state index contributed by atoms with van der Waals surface area (Å²) in [7, 11) is 0. The molecule has 0 amide bonds. The Morgan fingerprint density at radius 3 is 1.36 bits per heavy atom. The van der Waals surface area contributed by atoms with Gasteiger partial charge in [0.15, 0.2) is 5.82 Å². The van der Waals surface area contributed by atoms with Gasteiger partial charge in [0, 0.05) is 22.2 Å². The van der Waals surface area contributed by atoms with Crippen LogP contribution in [0.4, 0.5) is 0 Å². The monoisotopic (exact) mass is 701 g/mol. The fraction of sp³-hybridized carbons (Fsp3) is 0. The summed E-state index contributed by atoms with van der Waals surface area (Å²) in [6.45, 7) is 0. The molecule has 0 atom stereocenters. The molecule has 2 aromatic heterocycles. The van der Waals surface area contributed by atoms with Gasteiger partial charge in [-0.2, -0.15) is 0 Å². The third kappa shape index (κ3) is 6.08. The lowest BCUT2D eigenvalue weighted by Gasteiger charge is -2.13. The molecule has 0 fully saturated rings. The summed E-state index contributed by atoms with van der Waals surface area (Å²) >= 11 is 0. The van der Waals surface area contributed by atoms with E-state index in [0.717, 1.165) is 61.1 Å². The van der Waals surface area contributed by atoms with Crippen molar-refractivity contribution in [3.63, 3.8) is 0 Å². The van der Waals surface area contributed by atoms with Crippen molar-refractivity contribution in [2.24, 2.45) is 0 Å². The van der Waals surface area contributed by atoms with Crippen LogP contribution in [0.15, 0.2) is 212 Å². The number of fused-ring (bicyclic) bond motifs is 3. The molecule has 3 nitrogen and oxygen atoms in total. The van der Waals surface area contributed by atoms with Gasteiger partial charge in [-0.1, -0.05) is 176 Å². The number of hydrogen-bond acceptors (Lipinski definition) is 2. The zero-order valence-electron chi connectivity index (χ0n) is 30.0. The Labute approximate surface area is 320 Å². The first-order valence-corrected chi connectivity index (χ1v) is 18.7. The van der Waals surface area contributed by atoms with Crippen LogP contribution < -0.4 is 0 Å². The summed E-state index contributed by atoms with van der Waals surface area (Å²) in [5.41, 5.74) is 16.3. The standard InChI is InChI=1S/C52H35N3/c1-4-15-36(16-5-1)38-29-31-39(32-30-38)40-19-12-21-42(33-40)43-22-14-24-45(35-43)52-53-49(44-23-13-20-41(34-44)37-17-6-2-7-18-37)51-50(54-52)47-27-10-11-28-48(47)55(51)46-25-8-3-9-26-46/h1-35H. The average molecular weight is 702 g/mol. The molecule has 10 rings (SSSR count). The molecule has 0 aliphatic rings. The summed E-state index contributed by atoms with van der Waals surface area (Å²) in [5.74, 6) is 0.693. The van der Waals surface area contributed by atoms with E-state index in [1.165, 1.54) is 27.8 Å². The molecule has 10 aromatic rings. The maximum atomic E-state index is 5.46. The van der Waals surface area contributed by atoms with E-state index in [1.54, 1.807) is 0 Å². The fourth-order valence-corrected chi connectivity index (χ4v) is 7.70. The fourth-order valence-electron chi connectivity index (χ4n) is 7.70. The van der Waals surface area contributed by atoms with Gasteiger partial charge in [0.25, 0.3) is 0 Å². The molecule has 0 spiro atoms. The molecule has 0 unspecified atom stereocenters. The Morgan fingerprint density at radius 1 is 0.309 bits per heavy atom. The molecule has 3 heteroatoms. The number of hydrogen-bond donors (Lipinski definition) is 0.